The molecule has 4 aromatic rings. The Morgan fingerprint density at radius 1 is 1.00 bits per heavy atom. The van der Waals surface area contributed by atoms with E-state index < -0.39 is 0 Å². The fourth-order valence-corrected chi connectivity index (χ4v) is 3.67. The number of rotatable bonds is 5. The van der Waals surface area contributed by atoms with E-state index in [1.54, 1.807) is 0 Å². The van der Waals surface area contributed by atoms with Crippen LogP contribution in [0.2, 0.25) is 5.02 Å². The second-order valence-electron chi connectivity index (χ2n) is 7.37. The van der Waals surface area contributed by atoms with Crippen LogP contribution in [0.25, 0.3) is 22.2 Å². The summed E-state index contributed by atoms with van der Waals surface area (Å²) in [5, 5.41) is 4.68. The van der Waals surface area contributed by atoms with Crippen LogP contribution in [0.3, 0.4) is 0 Å². The second kappa shape index (κ2) is 8.68. The van der Waals surface area contributed by atoms with Crippen LogP contribution in [0.4, 0.5) is 0 Å². The molecule has 1 aromatic heterocycles. The van der Waals surface area contributed by atoms with Crippen molar-refractivity contribution in [2.75, 3.05) is 0 Å². The van der Waals surface area contributed by atoms with Crippen LogP contribution < -0.4 is 5.32 Å². The van der Waals surface area contributed by atoms with Gasteiger partial charge >= 0.3 is 0 Å². The molecule has 0 saturated carbocycles. The third-order valence-corrected chi connectivity index (χ3v) is 5.57. The summed E-state index contributed by atoms with van der Waals surface area (Å²) in [5.41, 5.74) is 5.34. The van der Waals surface area contributed by atoms with Crippen molar-refractivity contribution in [3.63, 3.8) is 0 Å². The maximum absolute atomic E-state index is 13.3. The van der Waals surface area contributed by atoms with Gasteiger partial charge in [0.1, 0.15) is 0 Å². The fourth-order valence-electron chi connectivity index (χ4n) is 3.55. The Bertz CT molecular complexity index is 1190. The molecule has 30 heavy (non-hydrogen) atoms. The fraction of sp³-hybridized carbons (Fsp3) is 0.154. The van der Waals surface area contributed by atoms with Gasteiger partial charge in [0.15, 0.2) is 0 Å². The largest absolute Gasteiger partial charge is 0.345 e. The number of hydrogen-bond acceptors (Lipinski definition) is 2. The first-order chi connectivity index (χ1) is 14.5. The van der Waals surface area contributed by atoms with E-state index in [-0.39, 0.29) is 11.9 Å². The number of halogens is 1. The van der Waals surface area contributed by atoms with E-state index >= 15 is 0 Å². The molecule has 0 aliphatic carbocycles. The Balaban J connectivity index is 1.79. The van der Waals surface area contributed by atoms with Gasteiger partial charge in [-0.15, -0.1) is 0 Å². The van der Waals surface area contributed by atoms with Crippen molar-refractivity contribution in [1.82, 2.24) is 10.3 Å². The number of benzene rings is 3. The van der Waals surface area contributed by atoms with Gasteiger partial charge in [0.2, 0.25) is 0 Å². The molecule has 1 amide bonds. The molecule has 0 aliphatic heterocycles. The van der Waals surface area contributed by atoms with E-state index in [1.165, 1.54) is 5.56 Å². The molecule has 150 valence electrons. The summed E-state index contributed by atoms with van der Waals surface area (Å²) in [6.07, 6.45) is 0.899. The highest BCUT2D eigenvalue weighted by Crippen LogP contribution is 2.27. The lowest BCUT2D eigenvalue weighted by Gasteiger charge is -2.16. The van der Waals surface area contributed by atoms with Crippen LogP contribution in [0, 0.1) is 0 Å². The van der Waals surface area contributed by atoms with Gasteiger partial charge in [0, 0.05) is 16.0 Å². The topological polar surface area (TPSA) is 42.0 Å². The minimum Gasteiger partial charge on any atom is -0.345 e. The molecular weight excluding hydrogens is 392 g/mol. The lowest BCUT2D eigenvalue weighted by molar-refractivity contribution is 0.0941. The van der Waals surface area contributed by atoms with E-state index in [0.717, 1.165) is 34.1 Å². The molecule has 0 fully saturated rings. The smallest absolute Gasteiger partial charge is 0.252 e. The Hall–Kier alpha value is -3.17. The van der Waals surface area contributed by atoms with Crippen LogP contribution in [0.5, 0.6) is 0 Å². The van der Waals surface area contributed by atoms with Crippen molar-refractivity contribution < 1.29 is 4.79 Å². The number of aryl methyl sites for hydroxylation is 1. The average molecular weight is 415 g/mol. The molecule has 1 heterocycles. The van der Waals surface area contributed by atoms with Gasteiger partial charge in [-0.3, -0.25) is 4.79 Å². The Morgan fingerprint density at radius 2 is 1.73 bits per heavy atom. The summed E-state index contributed by atoms with van der Waals surface area (Å²) in [7, 11) is 0. The van der Waals surface area contributed by atoms with Crippen molar-refractivity contribution in [3.8, 4) is 11.3 Å². The molecule has 1 atom stereocenters. The van der Waals surface area contributed by atoms with Gasteiger partial charge in [-0.05, 0) is 54.8 Å². The molecule has 0 saturated heterocycles. The Morgan fingerprint density at radius 3 is 2.43 bits per heavy atom. The highest BCUT2D eigenvalue weighted by Gasteiger charge is 2.17. The zero-order valence-electron chi connectivity index (χ0n) is 17.0. The highest BCUT2D eigenvalue weighted by molar-refractivity contribution is 6.30. The van der Waals surface area contributed by atoms with Crippen LogP contribution in [0.15, 0.2) is 78.9 Å². The van der Waals surface area contributed by atoms with E-state index in [0.29, 0.717) is 10.6 Å². The molecule has 0 radical (unpaired) electrons. The number of fused-ring (bicyclic) bond motifs is 1. The summed E-state index contributed by atoms with van der Waals surface area (Å²) in [6, 6.07) is 25.4. The van der Waals surface area contributed by atoms with Crippen LogP contribution >= 0.6 is 11.6 Å². The first kappa shape index (κ1) is 20.1. The molecule has 0 aliphatic rings. The summed E-state index contributed by atoms with van der Waals surface area (Å²) < 4.78 is 0. The maximum Gasteiger partial charge on any atom is 0.252 e. The third-order valence-electron chi connectivity index (χ3n) is 5.31. The molecule has 1 N–H and O–H groups in total. The molecule has 3 nitrogen and oxygen atoms in total. The Labute approximate surface area is 181 Å². The molecule has 4 rings (SSSR count). The van der Waals surface area contributed by atoms with Crippen molar-refractivity contribution in [1.29, 1.82) is 0 Å². The van der Waals surface area contributed by atoms with Gasteiger partial charge in [-0.1, -0.05) is 67.1 Å². The minimum absolute atomic E-state index is 0.102. The zero-order chi connectivity index (χ0) is 21.1. The van der Waals surface area contributed by atoms with Crippen LogP contribution in [-0.2, 0) is 6.42 Å². The zero-order valence-corrected chi connectivity index (χ0v) is 17.8. The molecular formula is C26H23ClN2O. The number of amides is 1. The van der Waals surface area contributed by atoms with Gasteiger partial charge < -0.3 is 5.32 Å². The maximum atomic E-state index is 13.3. The van der Waals surface area contributed by atoms with Gasteiger partial charge in [-0.2, -0.15) is 0 Å². The van der Waals surface area contributed by atoms with E-state index in [2.05, 4.69) is 24.4 Å². The second-order valence-corrected chi connectivity index (χ2v) is 7.81. The van der Waals surface area contributed by atoms with E-state index in [1.807, 2.05) is 73.7 Å². The predicted molar refractivity (Wildman–Crippen MR) is 124 cm³/mol. The SMILES string of the molecule is CCc1ccc2nc(-c3ccc(Cl)cc3)cc(C(=O)N[C@H](C)c3ccccc3)c2c1. The summed E-state index contributed by atoms with van der Waals surface area (Å²) in [6.45, 7) is 4.10. The van der Waals surface area contributed by atoms with Crippen LogP contribution in [-0.4, -0.2) is 10.9 Å². The van der Waals surface area contributed by atoms with Gasteiger partial charge in [0.05, 0.1) is 22.8 Å². The molecule has 0 unspecified atom stereocenters. The van der Waals surface area contributed by atoms with E-state index in [4.69, 9.17) is 16.6 Å². The number of hydrogen-bond donors (Lipinski definition) is 1. The number of carbonyl (C=O) groups is 1. The number of nitrogens with one attached hydrogen (secondary N) is 1. The average Bonchev–Trinajstić information content (AvgIpc) is 2.79. The molecule has 3 aromatic carbocycles. The monoisotopic (exact) mass is 414 g/mol. The lowest BCUT2D eigenvalue weighted by atomic mass is 10.0. The third kappa shape index (κ3) is 4.22. The predicted octanol–water partition coefficient (Wildman–Crippen LogP) is 6.61. The van der Waals surface area contributed by atoms with Crippen molar-refractivity contribution >= 4 is 28.4 Å². The number of aromatic nitrogens is 1. The first-order valence-electron chi connectivity index (χ1n) is 10.1. The van der Waals surface area contributed by atoms with Crippen molar-refractivity contribution in [2.24, 2.45) is 0 Å². The number of pyridine rings is 1. The number of nitrogens with zero attached hydrogens (tertiary/aromatic N) is 1. The molecule has 4 heteroatoms. The highest BCUT2D eigenvalue weighted by atomic mass is 35.5. The first-order valence-corrected chi connectivity index (χ1v) is 10.5. The van der Waals surface area contributed by atoms with Gasteiger partial charge in [-0.25, -0.2) is 4.98 Å². The van der Waals surface area contributed by atoms with Crippen molar-refractivity contribution in [3.05, 3.63) is 101 Å². The normalized spacial score (nSPS) is 12.0. The molecule has 0 bridgehead atoms. The standard InChI is InChI=1S/C26H23ClN2O/c1-3-18-9-14-24-22(15-18)23(16-25(29-24)20-10-12-21(27)13-11-20)26(30)28-17(2)19-7-5-4-6-8-19/h4-17H,3H2,1-2H3,(H,28,30)/t17-/m1/s1. The number of carbonyl (C=O) groups excluding carboxylic acids is 1. The lowest BCUT2D eigenvalue weighted by Crippen LogP contribution is -2.27. The summed E-state index contributed by atoms with van der Waals surface area (Å²) >= 11 is 6.04. The quantitative estimate of drug-likeness (QED) is 0.399. The minimum atomic E-state index is -0.109. The summed E-state index contributed by atoms with van der Waals surface area (Å²) in [4.78, 5) is 18.1. The van der Waals surface area contributed by atoms with Crippen molar-refractivity contribution in [2.45, 2.75) is 26.3 Å². The van der Waals surface area contributed by atoms with E-state index in [9.17, 15) is 4.79 Å². The van der Waals surface area contributed by atoms with Gasteiger partial charge in [0.25, 0.3) is 5.91 Å². The summed E-state index contributed by atoms with van der Waals surface area (Å²) in [5.74, 6) is -0.109. The Kier molecular flexibility index (Phi) is 5.82. The van der Waals surface area contributed by atoms with Crippen LogP contribution in [0.1, 0.15) is 41.4 Å². The molecule has 0 spiro atoms.